The van der Waals surface area contributed by atoms with Crippen LogP contribution in [0.15, 0.2) is 42.5 Å². The normalized spacial score (nSPS) is 19.3. The van der Waals surface area contributed by atoms with Gasteiger partial charge in [-0.2, -0.15) is 0 Å². The second-order valence-electron chi connectivity index (χ2n) is 6.45. The van der Waals surface area contributed by atoms with Gasteiger partial charge in [0, 0.05) is 17.7 Å². The Kier molecular flexibility index (Phi) is 5.71. The maximum atomic E-state index is 13.4. The predicted molar refractivity (Wildman–Crippen MR) is 97.2 cm³/mol. The number of benzene rings is 2. The molecule has 3 rings (SSSR count). The van der Waals surface area contributed by atoms with E-state index in [1.54, 1.807) is 31.2 Å². The van der Waals surface area contributed by atoms with Gasteiger partial charge in [-0.05, 0) is 61.4 Å². The summed E-state index contributed by atoms with van der Waals surface area (Å²) >= 11 is 0. The molecular weight excluding hydrogens is 351 g/mol. The van der Waals surface area contributed by atoms with E-state index in [4.69, 9.17) is 15.2 Å². The summed E-state index contributed by atoms with van der Waals surface area (Å²) < 4.78 is 24.8. The van der Waals surface area contributed by atoms with E-state index in [1.807, 2.05) is 0 Å². The highest BCUT2D eigenvalue weighted by molar-refractivity contribution is 5.94. The molecule has 0 spiro atoms. The number of hydrogen-bond acceptors (Lipinski definition) is 4. The number of hydrogen-bond donors (Lipinski definition) is 2. The number of amides is 2. The molecular formula is C20H21FN2O4. The number of carbonyl (C=O) groups is 2. The van der Waals surface area contributed by atoms with Crippen LogP contribution in [0.2, 0.25) is 0 Å². The molecule has 1 heterocycles. The third kappa shape index (κ3) is 4.62. The van der Waals surface area contributed by atoms with E-state index in [0.29, 0.717) is 42.1 Å². The van der Waals surface area contributed by atoms with Crippen molar-refractivity contribution >= 4 is 11.8 Å². The number of carbonyl (C=O) groups excluding carboxylic acids is 2. The van der Waals surface area contributed by atoms with Crippen LogP contribution in [-0.4, -0.2) is 37.2 Å². The molecule has 27 heavy (non-hydrogen) atoms. The number of ether oxygens (including phenoxy) is 2. The Morgan fingerprint density at radius 3 is 2.56 bits per heavy atom. The minimum Gasteiger partial charge on any atom is -0.486 e. The fourth-order valence-electron chi connectivity index (χ4n) is 2.90. The first-order valence-corrected chi connectivity index (χ1v) is 8.65. The number of halogens is 1. The fraction of sp³-hybridized carbons (Fsp3) is 0.300. The van der Waals surface area contributed by atoms with Gasteiger partial charge in [-0.15, -0.1) is 0 Å². The van der Waals surface area contributed by atoms with Crippen molar-refractivity contribution in [2.75, 3.05) is 13.2 Å². The van der Waals surface area contributed by atoms with E-state index in [1.165, 1.54) is 18.2 Å². The van der Waals surface area contributed by atoms with Gasteiger partial charge in [-0.3, -0.25) is 9.59 Å². The molecule has 142 valence electrons. The summed E-state index contributed by atoms with van der Waals surface area (Å²) in [6.45, 7) is 2.45. The number of nitrogens with two attached hydrogens (primary N) is 1. The summed E-state index contributed by atoms with van der Waals surface area (Å²) in [5, 5.41) is 2.94. The first-order chi connectivity index (χ1) is 12.9. The maximum Gasteiger partial charge on any atom is 0.251 e. The molecule has 2 atom stereocenters. The number of primary amides is 1. The Hall–Kier alpha value is -2.93. The minimum atomic E-state index is -0.512. The zero-order valence-corrected chi connectivity index (χ0v) is 14.9. The van der Waals surface area contributed by atoms with Crippen molar-refractivity contribution in [2.24, 2.45) is 5.73 Å². The van der Waals surface area contributed by atoms with Gasteiger partial charge in [0.1, 0.15) is 17.7 Å². The molecule has 1 saturated heterocycles. The Labute approximate surface area is 156 Å². The molecule has 0 bridgehead atoms. The molecule has 1 fully saturated rings. The molecule has 2 amide bonds. The Morgan fingerprint density at radius 1 is 1.19 bits per heavy atom. The summed E-state index contributed by atoms with van der Waals surface area (Å²) in [6.07, 6.45) is 0.208. The molecule has 6 nitrogen and oxygen atoms in total. The lowest BCUT2D eigenvalue weighted by Gasteiger charge is -2.32. The van der Waals surface area contributed by atoms with Gasteiger partial charge in [0.2, 0.25) is 5.91 Å². The van der Waals surface area contributed by atoms with Crippen LogP contribution in [0.1, 0.15) is 32.7 Å². The maximum absolute atomic E-state index is 13.4. The summed E-state index contributed by atoms with van der Waals surface area (Å²) in [5.74, 6) is -0.601. The topological polar surface area (TPSA) is 90.7 Å². The lowest BCUT2D eigenvalue weighted by atomic mass is 10.0. The number of rotatable bonds is 5. The molecule has 0 radical (unpaired) electrons. The molecule has 0 aromatic heterocycles. The summed E-state index contributed by atoms with van der Waals surface area (Å²) in [7, 11) is 0. The molecule has 2 aromatic carbocycles. The average Bonchev–Trinajstić information content (AvgIpc) is 2.66. The van der Waals surface area contributed by atoms with Crippen LogP contribution in [0.5, 0.6) is 5.75 Å². The van der Waals surface area contributed by atoms with Gasteiger partial charge in [0.25, 0.3) is 5.91 Å². The second kappa shape index (κ2) is 8.18. The van der Waals surface area contributed by atoms with Crippen molar-refractivity contribution in [1.82, 2.24) is 5.32 Å². The smallest absolute Gasteiger partial charge is 0.251 e. The molecule has 2 aromatic rings. The van der Waals surface area contributed by atoms with Crippen molar-refractivity contribution in [1.29, 1.82) is 0 Å². The first-order valence-electron chi connectivity index (χ1n) is 8.65. The third-order valence-corrected chi connectivity index (χ3v) is 4.47. The van der Waals surface area contributed by atoms with Gasteiger partial charge in [0.05, 0.1) is 12.6 Å². The number of nitrogens with one attached hydrogen (secondary N) is 1. The molecule has 1 aliphatic heterocycles. The summed E-state index contributed by atoms with van der Waals surface area (Å²) in [6, 6.07) is 10.5. The summed E-state index contributed by atoms with van der Waals surface area (Å²) in [4.78, 5) is 23.7. The van der Waals surface area contributed by atoms with E-state index in [-0.39, 0.29) is 23.9 Å². The molecule has 0 unspecified atom stereocenters. The van der Waals surface area contributed by atoms with Crippen molar-refractivity contribution in [2.45, 2.75) is 25.5 Å². The zero-order chi connectivity index (χ0) is 19.4. The summed E-state index contributed by atoms with van der Waals surface area (Å²) in [5.41, 5.74) is 6.42. The van der Waals surface area contributed by atoms with Gasteiger partial charge in [-0.25, -0.2) is 4.39 Å². The van der Waals surface area contributed by atoms with Gasteiger partial charge in [-0.1, -0.05) is 0 Å². The molecule has 3 N–H and O–H groups in total. The lowest BCUT2D eigenvalue weighted by molar-refractivity contribution is -0.0135. The average molecular weight is 372 g/mol. The van der Waals surface area contributed by atoms with Crippen LogP contribution in [-0.2, 0) is 4.74 Å². The highest BCUT2D eigenvalue weighted by Gasteiger charge is 2.29. The van der Waals surface area contributed by atoms with E-state index in [9.17, 15) is 14.0 Å². The van der Waals surface area contributed by atoms with Crippen molar-refractivity contribution in [3.05, 3.63) is 65.0 Å². The highest BCUT2D eigenvalue weighted by atomic mass is 19.1. The standard InChI is InChI=1S/C20H21FN2O4/c1-12-10-14(4-7-16(12)21)20(25)23-17-8-9-26-11-18(17)27-15-5-2-13(3-6-15)19(22)24/h2-7,10,17-18H,8-9,11H2,1H3,(H2,22,24)(H,23,25)/t17-,18-/m1/s1. The van der Waals surface area contributed by atoms with E-state index < -0.39 is 5.91 Å². The van der Waals surface area contributed by atoms with Crippen LogP contribution in [0.3, 0.4) is 0 Å². The third-order valence-electron chi connectivity index (χ3n) is 4.47. The van der Waals surface area contributed by atoms with Gasteiger partial charge >= 0.3 is 0 Å². The van der Waals surface area contributed by atoms with Crippen LogP contribution in [0, 0.1) is 12.7 Å². The Balaban J connectivity index is 1.68. The van der Waals surface area contributed by atoms with Crippen molar-refractivity contribution < 1.29 is 23.5 Å². The molecule has 0 saturated carbocycles. The quantitative estimate of drug-likeness (QED) is 0.842. The zero-order valence-electron chi connectivity index (χ0n) is 14.9. The molecule has 1 aliphatic rings. The highest BCUT2D eigenvalue weighted by Crippen LogP contribution is 2.19. The van der Waals surface area contributed by atoms with E-state index in [0.717, 1.165) is 0 Å². The van der Waals surface area contributed by atoms with E-state index >= 15 is 0 Å². The van der Waals surface area contributed by atoms with Gasteiger partial charge in [0.15, 0.2) is 0 Å². The van der Waals surface area contributed by atoms with Crippen molar-refractivity contribution in [3.8, 4) is 5.75 Å². The largest absolute Gasteiger partial charge is 0.486 e. The fourth-order valence-corrected chi connectivity index (χ4v) is 2.90. The van der Waals surface area contributed by atoms with Crippen molar-refractivity contribution in [3.63, 3.8) is 0 Å². The van der Waals surface area contributed by atoms with Crippen LogP contribution >= 0.6 is 0 Å². The molecule has 7 heteroatoms. The first kappa shape index (κ1) is 18.8. The minimum absolute atomic E-state index is 0.257. The van der Waals surface area contributed by atoms with Crippen LogP contribution in [0.4, 0.5) is 4.39 Å². The van der Waals surface area contributed by atoms with Crippen LogP contribution < -0.4 is 15.8 Å². The monoisotopic (exact) mass is 372 g/mol. The predicted octanol–water partition coefficient (Wildman–Crippen LogP) is 2.20. The van der Waals surface area contributed by atoms with Gasteiger partial charge < -0.3 is 20.5 Å². The SMILES string of the molecule is Cc1cc(C(=O)N[C@@H]2CCOC[C@H]2Oc2ccc(C(N)=O)cc2)ccc1F. The molecule has 0 aliphatic carbocycles. The lowest BCUT2D eigenvalue weighted by Crippen LogP contribution is -2.51. The Morgan fingerprint density at radius 2 is 1.89 bits per heavy atom. The van der Waals surface area contributed by atoms with E-state index in [2.05, 4.69) is 5.32 Å². The Bertz CT molecular complexity index is 838. The number of aryl methyl sites for hydroxylation is 1. The second-order valence-corrected chi connectivity index (χ2v) is 6.45. The van der Waals surface area contributed by atoms with Crippen LogP contribution in [0.25, 0.3) is 0 Å².